The van der Waals surface area contributed by atoms with E-state index in [-0.39, 0.29) is 72.1 Å². The molecule has 82 heavy (non-hydrogen) atoms. The lowest BCUT2D eigenvalue weighted by molar-refractivity contribution is -0.00837. The summed E-state index contributed by atoms with van der Waals surface area (Å²) in [5.74, 6) is -0.0910. The number of fused-ring (bicyclic) bond motifs is 6. The molecule has 18 nitrogen and oxygen atoms in total. The van der Waals surface area contributed by atoms with E-state index in [0.717, 1.165) is 85.6 Å². The zero-order chi connectivity index (χ0) is 58.7. The number of nitrogens with zero attached hydrogens (tertiary/aromatic N) is 2. The Kier molecular flexibility index (Phi) is 19.5. The fraction of sp³-hybridized carbons (Fsp3) is 0.567. The largest absolute Gasteiger partial charge is 0.490 e. The van der Waals surface area contributed by atoms with Gasteiger partial charge in [-0.1, -0.05) is 35.3 Å². The van der Waals surface area contributed by atoms with Crippen molar-refractivity contribution >= 4 is 66.6 Å². The van der Waals surface area contributed by atoms with Gasteiger partial charge in [-0.2, -0.15) is 0 Å². The van der Waals surface area contributed by atoms with Crippen LogP contribution in [0.15, 0.2) is 72.8 Å². The molecule has 6 aliphatic rings. The lowest BCUT2D eigenvalue weighted by Crippen LogP contribution is -2.49. The number of carbonyl (C=O) groups is 2. The summed E-state index contributed by atoms with van der Waals surface area (Å²) in [7, 11) is -7.31. The zero-order valence-electron chi connectivity index (χ0n) is 46.6. The highest BCUT2D eigenvalue weighted by atomic mass is 35.5. The Labute approximate surface area is 491 Å². The fourth-order valence-corrected chi connectivity index (χ4v) is 14.2. The highest BCUT2D eigenvalue weighted by molar-refractivity contribution is 7.90. The first-order valence-electron chi connectivity index (χ1n) is 28.6. The predicted molar refractivity (Wildman–Crippen MR) is 315 cm³/mol. The number of rotatable bonds is 20. The SMILES string of the molecule is C[C@@H](COCC[C@H](O)[C@@H]1CC[C@H]1CN1C[C@@]2(CCCc3cc(Cl)ccc32)COc2ccc(C(=O)O)cc21)S(N)(=O)=O.C[C@H](COCC[C@H](O)[C@@H]1CC[C@H]1CN1C[C@@]2(CCCc3cc(Cl)ccc32)COc2ccc(C(=O)O)cc21)S(N)(=O)=O. The van der Waals surface area contributed by atoms with Gasteiger partial charge >= 0.3 is 11.9 Å². The Morgan fingerprint density at radius 2 is 1.04 bits per heavy atom. The number of halogens is 2. The molecule has 448 valence electrons. The number of anilines is 2. The van der Waals surface area contributed by atoms with Crippen molar-refractivity contribution in [2.24, 2.45) is 33.9 Å². The maximum absolute atomic E-state index is 11.9. The third-order valence-electron chi connectivity index (χ3n) is 18.4. The van der Waals surface area contributed by atoms with E-state index in [0.29, 0.717) is 63.7 Å². The Bertz CT molecular complexity index is 2980. The van der Waals surface area contributed by atoms with Crippen molar-refractivity contribution in [3.63, 3.8) is 0 Å². The van der Waals surface area contributed by atoms with E-state index < -0.39 is 54.7 Å². The van der Waals surface area contributed by atoms with Gasteiger partial charge in [0.25, 0.3) is 0 Å². The number of aromatic carboxylic acids is 2. The maximum Gasteiger partial charge on any atom is 0.335 e. The minimum atomic E-state index is -3.65. The monoisotopic (exact) mass is 1210 g/mol. The number of carboxylic acids is 2. The van der Waals surface area contributed by atoms with Crippen molar-refractivity contribution in [2.45, 2.75) is 124 Å². The van der Waals surface area contributed by atoms with Gasteiger partial charge in [-0.25, -0.2) is 36.7 Å². The lowest BCUT2D eigenvalue weighted by Gasteiger charge is -2.45. The first-order chi connectivity index (χ1) is 38.9. The molecule has 0 bridgehead atoms. The van der Waals surface area contributed by atoms with Crippen LogP contribution in [0.4, 0.5) is 11.4 Å². The van der Waals surface area contributed by atoms with E-state index in [1.807, 2.05) is 24.3 Å². The first-order valence-corrected chi connectivity index (χ1v) is 32.5. The second-order valence-electron chi connectivity index (χ2n) is 23.8. The van der Waals surface area contributed by atoms with Gasteiger partial charge in [-0.05, 0) is 197 Å². The molecule has 4 aromatic rings. The normalized spacial score (nSPS) is 25.3. The third-order valence-corrected chi connectivity index (χ3v) is 21.3. The van der Waals surface area contributed by atoms with Gasteiger partial charge in [0.15, 0.2) is 0 Å². The highest BCUT2D eigenvalue weighted by Crippen LogP contribution is 2.49. The Morgan fingerprint density at radius 1 is 0.634 bits per heavy atom. The van der Waals surface area contributed by atoms with Gasteiger partial charge in [0, 0.05) is 60.3 Å². The average Bonchev–Trinajstić information content (AvgIpc) is 3.11. The molecule has 8 N–H and O–H groups in total. The molecule has 0 amide bonds. The lowest BCUT2D eigenvalue weighted by atomic mass is 9.68. The second kappa shape index (κ2) is 25.9. The number of aryl methyl sites for hydroxylation is 2. The maximum atomic E-state index is 11.9. The van der Waals surface area contributed by atoms with Crippen molar-refractivity contribution in [1.82, 2.24) is 0 Å². The number of benzene rings is 4. The van der Waals surface area contributed by atoms with Crippen molar-refractivity contribution in [3.8, 4) is 11.5 Å². The number of hydrogen-bond acceptors (Lipinski definition) is 14. The van der Waals surface area contributed by atoms with E-state index >= 15 is 0 Å². The molecule has 2 fully saturated rings. The molecule has 10 rings (SSSR count). The van der Waals surface area contributed by atoms with Gasteiger partial charge < -0.3 is 49.2 Å². The summed E-state index contributed by atoms with van der Waals surface area (Å²) >= 11 is 12.7. The molecule has 2 saturated carbocycles. The van der Waals surface area contributed by atoms with E-state index in [1.165, 1.54) is 36.1 Å². The molecule has 2 heterocycles. The van der Waals surface area contributed by atoms with Crippen LogP contribution in [0.5, 0.6) is 11.5 Å². The van der Waals surface area contributed by atoms with Crippen molar-refractivity contribution in [2.75, 3.05) is 75.6 Å². The van der Waals surface area contributed by atoms with Crippen molar-refractivity contribution in [3.05, 3.63) is 116 Å². The molecule has 0 unspecified atom stereocenters. The number of ether oxygens (including phenoxy) is 4. The molecule has 10 atom stereocenters. The van der Waals surface area contributed by atoms with Crippen LogP contribution >= 0.6 is 23.2 Å². The van der Waals surface area contributed by atoms with Gasteiger partial charge in [-0.3, -0.25) is 0 Å². The predicted octanol–water partition coefficient (Wildman–Crippen LogP) is 7.96. The van der Waals surface area contributed by atoms with Crippen LogP contribution in [0, 0.1) is 23.7 Å². The number of aliphatic hydroxyl groups is 2. The Morgan fingerprint density at radius 3 is 1.39 bits per heavy atom. The van der Waals surface area contributed by atoms with Crippen LogP contribution in [-0.2, 0) is 53.2 Å². The molecular formula is C60H78Cl2N4O14S2. The molecule has 0 radical (unpaired) electrons. The first kappa shape index (κ1) is 61.8. The topological polar surface area (TPSA) is 279 Å². The summed E-state index contributed by atoms with van der Waals surface area (Å²) in [6.45, 7) is 7.11. The number of hydrogen-bond donors (Lipinski definition) is 6. The molecular weight excluding hydrogens is 1140 g/mol. The average molecular weight is 1210 g/mol. The molecule has 0 saturated heterocycles. The van der Waals surface area contributed by atoms with Crippen molar-refractivity contribution < 1.29 is 65.8 Å². The molecule has 22 heteroatoms. The van der Waals surface area contributed by atoms with Crippen LogP contribution in [0.2, 0.25) is 10.0 Å². The van der Waals surface area contributed by atoms with E-state index in [9.17, 15) is 46.9 Å². The fourth-order valence-electron chi connectivity index (χ4n) is 13.2. The summed E-state index contributed by atoms with van der Waals surface area (Å²) < 4.78 is 69.5. The molecule has 2 spiro atoms. The van der Waals surface area contributed by atoms with Crippen LogP contribution in [0.1, 0.15) is 121 Å². The van der Waals surface area contributed by atoms with Gasteiger partial charge in [0.05, 0.1) is 71.6 Å². The molecule has 0 aromatic heterocycles. The van der Waals surface area contributed by atoms with Crippen LogP contribution in [-0.4, -0.2) is 138 Å². The summed E-state index contributed by atoms with van der Waals surface area (Å²) in [6, 6.07) is 22.3. The van der Waals surface area contributed by atoms with Gasteiger partial charge in [0.1, 0.15) is 11.5 Å². The summed E-state index contributed by atoms with van der Waals surface area (Å²) in [5, 5.41) is 51.6. The summed E-state index contributed by atoms with van der Waals surface area (Å²) in [6.07, 6.45) is 9.15. The molecule has 4 aliphatic carbocycles. The second-order valence-corrected chi connectivity index (χ2v) is 28.7. The van der Waals surface area contributed by atoms with E-state index in [2.05, 4.69) is 21.9 Å². The quantitative estimate of drug-likeness (QED) is 0.0458. The van der Waals surface area contributed by atoms with Crippen LogP contribution in [0.25, 0.3) is 0 Å². The minimum absolute atomic E-state index is 0.00904. The molecule has 4 aromatic carbocycles. The zero-order valence-corrected chi connectivity index (χ0v) is 49.7. The highest BCUT2D eigenvalue weighted by Gasteiger charge is 2.46. The summed E-state index contributed by atoms with van der Waals surface area (Å²) in [5.41, 5.74) is 6.35. The Hall–Kier alpha value is -4.74. The Balaban J connectivity index is 0.000000198. The third kappa shape index (κ3) is 14.2. The number of sulfonamides is 2. The van der Waals surface area contributed by atoms with E-state index in [1.54, 1.807) is 36.4 Å². The van der Waals surface area contributed by atoms with Crippen molar-refractivity contribution in [1.29, 1.82) is 0 Å². The standard InChI is InChI=1S/2C30H39ClN2O7S/c2*1-19(41(32,37)38)16-39-12-10-27(34)24-7-4-22(24)15-33-17-30(11-2-3-20-13-23(31)6-8-25(20)30)18-40-28-9-5-21(29(35)36)14-26(28)33/h2*5-6,8-9,13-14,19,22,24,27,34H,2-4,7,10-12,15-18H2,1H3,(H,35,36)(H2,32,37,38)/t19-,22+,24-,27+,30+;19-,22-,24+,27-,30-/m10/s1. The number of primary sulfonamides is 2. The van der Waals surface area contributed by atoms with Gasteiger partial charge in [0.2, 0.25) is 20.0 Å². The van der Waals surface area contributed by atoms with Gasteiger partial charge in [-0.15, -0.1) is 0 Å². The number of aliphatic hydroxyl groups excluding tert-OH is 2. The number of carboxylic acid groups (broad SMARTS) is 2. The summed E-state index contributed by atoms with van der Waals surface area (Å²) in [4.78, 5) is 28.3. The minimum Gasteiger partial charge on any atom is -0.490 e. The van der Waals surface area contributed by atoms with Crippen LogP contribution in [0.3, 0.4) is 0 Å². The van der Waals surface area contributed by atoms with Crippen LogP contribution < -0.4 is 29.6 Å². The molecule has 2 aliphatic heterocycles. The smallest absolute Gasteiger partial charge is 0.335 e. The number of nitrogens with two attached hydrogens (primary N) is 2. The van der Waals surface area contributed by atoms with E-state index in [4.69, 9.17) is 52.4 Å².